The SMILES string of the molecule is CCCCC1CCC(CNC(C)(C)C)(C(C)C)CC1. The van der Waals surface area contributed by atoms with Gasteiger partial charge in [0.2, 0.25) is 0 Å². The molecule has 0 bridgehead atoms. The molecule has 1 fully saturated rings. The number of hydrogen-bond acceptors (Lipinski definition) is 1. The van der Waals surface area contributed by atoms with E-state index in [2.05, 4.69) is 46.9 Å². The lowest BCUT2D eigenvalue weighted by Crippen LogP contribution is -2.47. The first kappa shape index (κ1) is 17.0. The van der Waals surface area contributed by atoms with E-state index in [9.17, 15) is 0 Å². The Labute approximate surface area is 121 Å². The van der Waals surface area contributed by atoms with E-state index < -0.39 is 0 Å². The molecular formula is C18H37N. The van der Waals surface area contributed by atoms with Crippen molar-refractivity contribution in [2.45, 2.75) is 92.0 Å². The van der Waals surface area contributed by atoms with Gasteiger partial charge in [-0.25, -0.2) is 0 Å². The van der Waals surface area contributed by atoms with Gasteiger partial charge in [0.15, 0.2) is 0 Å². The Hall–Kier alpha value is -0.0400. The summed E-state index contributed by atoms with van der Waals surface area (Å²) < 4.78 is 0. The van der Waals surface area contributed by atoms with Gasteiger partial charge in [-0.3, -0.25) is 0 Å². The predicted octanol–water partition coefficient (Wildman–Crippen LogP) is 5.40. The minimum Gasteiger partial charge on any atom is -0.312 e. The van der Waals surface area contributed by atoms with Gasteiger partial charge in [-0.15, -0.1) is 0 Å². The summed E-state index contributed by atoms with van der Waals surface area (Å²) in [5.74, 6) is 1.82. The maximum absolute atomic E-state index is 3.77. The Bertz CT molecular complexity index is 241. The number of unbranched alkanes of at least 4 members (excludes halogenated alkanes) is 1. The fourth-order valence-electron chi connectivity index (χ4n) is 3.43. The fourth-order valence-corrected chi connectivity index (χ4v) is 3.43. The molecule has 0 unspecified atom stereocenters. The number of rotatable bonds is 6. The topological polar surface area (TPSA) is 12.0 Å². The summed E-state index contributed by atoms with van der Waals surface area (Å²) in [6.07, 6.45) is 10.0. The molecule has 0 aliphatic heterocycles. The van der Waals surface area contributed by atoms with Crippen LogP contribution in [-0.4, -0.2) is 12.1 Å². The Morgan fingerprint density at radius 2 is 1.74 bits per heavy atom. The third kappa shape index (κ3) is 5.45. The molecule has 0 radical (unpaired) electrons. The summed E-state index contributed by atoms with van der Waals surface area (Å²) in [7, 11) is 0. The van der Waals surface area contributed by atoms with Crippen LogP contribution in [0.1, 0.15) is 86.5 Å². The first-order chi connectivity index (χ1) is 8.79. The lowest BCUT2D eigenvalue weighted by molar-refractivity contribution is 0.0781. The van der Waals surface area contributed by atoms with Crippen LogP contribution in [0.2, 0.25) is 0 Å². The largest absolute Gasteiger partial charge is 0.312 e. The monoisotopic (exact) mass is 267 g/mol. The van der Waals surface area contributed by atoms with Crippen molar-refractivity contribution in [3.8, 4) is 0 Å². The lowest BCUT2D eigenvalue weighted by atomic mass is 9.63. The highest BCUT2D eigenvalue weighted by Gasteiger charge is 2.38. The van der Waals surface area contributed by atoms with Crippen LogP contribution in [0, 0.1) is 17.3 Å². The maximum atomic E-state index is 3.77. The van der Waals surface area contributed by atoms with Crippen LogP contribution in [0.15, 0.2) is 0 Å². The molecule has 1 rings (SSSR count). The van der Waals surface area contributed by atoms with Crippen LogP contribution in [0.4, 0.5) is 0 Å². The molecule has 1 aliphatic carbocycles. The molecule has 0 saturated heterocycles. The number of nitrogens with one attached hydrogen (secondary N) is 1. The Balaban J connectivity index is 2.51. The van der Waals surface area contributed by atoms with Crippen molar-refractivity contribution >= 4 is 0 Å². The summed E-state index contributed by atoms with van der Waals surface area (Å²) in [6.45, 7) is 15.2. The highest BCUT2D eigenvalue weighted by Crippen LogP contribution is 2.45. The van der Waals surface area contributed by atoms with E-state index in [-0.39, 0.29) is 5.54 Å². The average Bonchev–Trinajstić information content (AvgIpc) is 2.34. The van der Waals surface area contributed by atoms with Crippen LogP contribution < -0.4 is 5.32 Å². The van der Waals surface area contributed by atoms with Crippen molar-refractivity contribution in [1.82, 2.24) is 5.32 Å². The zero-order valence-corrected chi connectivity index (χ0v) is 14.3. The molecule has 0 aromatic rings. The fraction of sp³-hybridized carbons (Fsp3) is 1.00. The zero-order chi connectivity index (χ0) is 14.5. The van der Waals surface area contributed by atoms with Gasteiger partial charge in [0.25, 0.3) is 0 Å². The van der Waals surface area contributed by atoms with Gasteiger partial charge in [-0.1, -0.05) is 40.0 Å². The third-order valence-corrected chi connectivity index (χ3v) is 5.26. The van der Waals surface area contributed by atoms with E-state index >= 15 is 0 Å². The van der Waals surface area contributed by atoms with Gasteiger partial charge < -0.3 is 5.32 Å². The molecule has 1 nitrogen and oxygen atoms in total. The van der Waals surface area contributed by atoms with E-state index in [0.717, 1.165) is 11.8 Å². The van der Waals surface area contributed by atoms with Gasteiger partial charge in [0, 0.05) is 12.1 Å². The summed E-state index contributed by atoms with van der Waals surface area (Å²) in [5.41, 5.74) is 0.803. The second-order valence-corrected chi connectivity index (χ2v) is 8.21. The summed E-state index contributed by atoms with van der Waals surface area (Å²) in [4.78, 5) is 0. The molecule has 0 aromatic heterocycles. The maximum Gasteiger partial charge on any atom is 0.00967 e. The molecule has 1 aliphatic rings. The van der Waals surface area contributed by atoms with Crippen LogP contribution in [-0.2, 0) is 0 Å². The van der Waals surface area contributed by atoms with Crippen LogP contribution in [0.25, 0.3) is 0 Å². The molecule has 0 aromatic carbocycles. The minimum atomic E-state index is 0.251. The van der Waals surface area contributed by atoms with Gasteiger partial charge in [-0.2, -0.15) is 0 Å². The van der Waals surface area contributed by atoms with Crippen molar-refractivity contribution in [3.05, 3.63) is 0 Å². The van der Waals surface area contributed by atoms with Crippen LogP contribution >= 0.6 is 0 Å². The second-order valence-electron chi connectivity index (χ2n) is 8.21. The standard InChI is InChI=1S/C18H37N/c1-7-8-9-16-10-12-18(13-11-16,15(2)3)14-19-17(4,5)6/h15-16,19H,7-14H2,1-6H3. The summed E-state index contributed by atoms with van der Waals surface area (Å²) in [6, 6.07) is 0. The smallest absolute Gasteiger partial charge is 0.00967 e. The first-order valence-electron chi connectivity index (χ1n) is 8.54. The molecule has 1 N–H and O–H groups in total. The summed E-state index contributed by atoms with van der Waals surface area (Å²) in [5, 5.41) is 3.77. The molecular weight excluding hydrogens is 230 g/mol. The molecule has 19 heavy (non-hydrogen) atoms. The van der Waals surface area contributed by atoms with E-state index in [1.54, 1.807) is 0 Å². The zero-order valence-electron chi connectivity index (χ0n) is 14.3. The van der Waals surface area contributed by atoms with E-state index in [0.29, 0.717) is 5.41 Å². The van der Waals surface area contributed by atoms with E-state index in [1.165, 1.54) is 51.5 Å². The Kier molecular flexibility index (Phi) is 6.36. The van der Waals surface area contributed by atoms with Gasteiger partial charge in [-0.05, 0) is 63.7 Å². The van der Waals surface area contributed by atoms with Crippen molar-refractivity contribution in [2.24, 2.45) is 17.3 Å². The Morgan fingerprint density at radius 1 is 1.16 bits per heavy atom. The lowest BCUT2D eigenvalue weighted by Gasteiger charge is -2.45. The van der Waals surface area contributed by atoms with E-state index in [1.807, 2.05) is 0 Å². The molecule has 114 valence electrons. The van der Waals surface area contributed by atoms with Crippen molar-refractivity contribution in [2.75, 3.05) is 6.54 Å². The van der Waals surface area contributed by atoms with Crippen molar-refractivity contribution < 1.29 is 0 Å². The number of hydrogen-bond donors (Lipinski definition) is 1. The average molecular weight is 268 g/mol. The quantitative estimate of drug-likeness (QED) is 0.679. The van der Waals surface area contributed by atoms with Gasteiger partial charge >= 0.3 is 0 Å². The highest BCUT2D eigenvalue weighted by atomic mass is 15.0. The molecule has 0 heterocycles. The van der Waals surface area contributed by atoms with E-state index in [4.69, 9.17) is 0 Å². The molecule has 1 heteroatoms. The van der Waals surface area contributed by atoms with Crippen molar-refractivity contribution in [1.29, 1.82) is 0 Å². The van der Waals surface area contributed by atoms with Gasteiger partial charge in [0.1, 0.15) is 0 Å². The molecule has 1 saturated carbocycles. The Morgan fingerprint density at radius 3 is 2.16 bits per heavy atom. The molecule has 0 atom stereocenters. The highest BCUT2D eigenvalue weighted by molar-refractivity contribution is 4.91. The molecule has 0 spiro atoms. The minimum absolute atomic E-state index is 0.251. The first-order valence-corrected chi connectivity index (χ1v) is 8.54. The third-order valence-electron chi connectivity index (χ3n) is 5.26. The second kappa shape index (κ2) is 7.11. The van der Waals surface area contributed by atoms with Crippen LogP contribution in [0.5, 0.6) is 0 Å². The van der Waals surface area contributed by atoms with Crippen molar-refractivity contribution in [3.63, 3.8) is 0 Å². The van der Waals surface area contributed by atoms with Gasteiger partial charge in [0.05, 0.1) is 0 Å². The predicted molar refractivity (Wildman–Crippen MR) is 86.5 cm³/mol. The normalized spacial score (nSPS) is 28.9. The van der Waals surface area contributed by atoms with Crippen LogP contribution in [0.3, 0.4) is 0 Å². The molecule has 0 amide bonds. The summed E-state index contributed by atoms with van der Waals surface area (Å²) >= 11 is 0.